The molecule has 0 saturated carbocycles. The van der Waals surface area contributed by atoms with Crippen LogP contribution in [-0.2, 0) is 23.6 Å². The fourth-order valence-electron chi connectivity index (χ4n) is 3.55. The summed E-state index contributed by atoms with van der Waals surface area (Å²) in [4.78, 5) is 15.1. The van der Waals surface area contributed by atoms with Crippen LogP contribution in [0.25, 0.3) is 0 Å². The van der Waals surface area contributed by atoms with Gasteiger partial charge in [0, 0.05) is 32.0 Å². The van der Waals surface area contributed by atoms with E-state index in [1.165, 1.54) is 16.6 Å². The third-order valence-electron chi connectivity index (χ3n) is 5.11. The molecule has 3 heterocycles. The molecule has 1 aromatic carbocycles. The van der Waals surface area contributed by atoms with Gasteiger partial charge in [-0.05, 0) is 43.2 Å². The average molecular weight is 413 g/mol. The van der Waals surface area contributed by atoms with Gasteiger partial charge in [0.15, 0.2) is 0 Å². The Morgan fingerprint density at radius 3 is 2.48 bits per heavy atom. The number of aryl methyl sites for hydroxylation is 1. The number of rotatable bonds is 6. The number of sulfonamides is 1. The summed E-state index contributed by atoms with van der Waals surface area (Å²) in [7, 11) is -1.90. The van der Waals surface area contributed by atoms with Crippen LogP contribution in [0.2, 0.25) is 0 Å². The molecule has 0 spiro atoms. The third-order valence-corrected chi connectivity index (χ3v) is 6.97. The van der Waals surface area contributed by atoms with Crippen molar-refractivity contribution in [2.24, 2.45) is 7.05 Å². The highest BCUT2D eigenvalue weighted by atomic mass is 32.2. The monoisotopic (exact) mass is 413 g/mol. The molecule has 1 aliphatic heterocycles. The summed E-state index contributed by atoms with van der Waals surface area (Å²) in [5.41, 5.74) is 1.01. The first-order valence-corrected chi connectivity index (χ1v) is 11.0. The van der Waals surface area contributed by atoms with E-state index in [1.54, 1.807) is 34.9 Å². The van der Waals surface area contributed by atoms with Crippen LogP contribution in [0, 0.1) is 0 Å². The molecule has 1 fully saturated rings. The second-order valence-electron chi connectivity index (χ2n) is 7.09. The van der Waals surface area contributed by atoms with Gasteiger partial charge in [0.1, 0.15) is 16.3 Å². The van der Waals surface area contributed by atoms with Crippen LogP contribution in [0.15, 0.2) is 70.3 Å². The molecule has 7 nitrogen and oxygen atoms in total. The van der Waals surface area contributed by atoms with E-state index in [1.807, 2.05) is 30.3 Å². The van der Waals surface area contributed by atoms with Crippen molar-refractivity contribution in [3.8, 4) is 0 Å². The molecule has 3 aromatic rings. The van der Waals surface area contributed by atoms with Gasteiger partial charge in [-0.3, -0.25) is 9.69 Å². The fraction of sp³-hybridized carbons (Fsp3) is 0.286. The van der Waals surface area contributed by atoms with Crippen molar-refractivity contribution < 1.29 is 17.6 Å². The lowest BCUT2D eigenvalue weighted by atomic mass is 10.2. The quantitative estimate of drug-likeness (QED) is 0.622. The van der Waals surface area contributed by atoms with Gasteiger partial charge < -0.3 is 8.98 Å². The van der Waals surface area contributed by atoms with Gasteiger partial charge >= 0.3 is 0 Å². The summed E-state index contributed by atoms with van der Waals surface area (Å²) in [6.07, 6.45) is 4.80. The van der Waals surface area contributed by atoms with Crippen molar-refractivity contribution in [2.45, 2.75) is 24.3 Å². The molecular formula is C21H23N3O4S. The number of para-hydroxylation sites is 1. The summed E-state index contributed by atoms with van der Waals surface area (Å²) in [5.74, 6) is 0.347. The van der Waals surface area contributed by atoms with Crippen molar-refractivity contribution in [2.75, 3.05) is 18.0 Å². The standard InChI is InChI=1S/C21H23N3O4S/c1-22-16-19(29(26,27)23-11-5-6-12-23)14-20(22)21(25)24(15-18-10-7-13-28-18)17-8-3-2-4-9-17/h2-4,7-10,13-14,16H,5-6,11-12,15H2,1H3. The SMILES string of the molecule is Cn1cc(S(=O)(=O)N2CCCC2)cc1C(=O)N(Cc1ccco1)c1ccccc1. The topological polar surface area (TPSA) is 75.8 Å². The summed E-state index contributed by atoms with van der Waals surface area (Å²) in [5, 5.41) is 0. The number of benzene rings is 1. The Balaban J connectivity index is 1.68. The first kappa shape index (κ1) is 19.5. The Kier molecular flexibility index (Phi) is 5.29. The Morgan fingerprint density at radius 1 is 1.10 bits per heavy atom. The summed E-state index contributed by atoms with van der Waals surface area (Å²) in [6, 6.07) is 14.3. The summed E-state index contributed by atoms with van der Waals surface area (Å²) in [6.45, 7) is 1.29. The maximum absolute atomic E-state index is 13.4. The number of hydrogen-bond donors (Lipinski definition) is 0. The lowest BCUT2D eigenvalue weighted by Gasteiger charge is -2.22. The Labute approximate surface area is 170 Å². The minimum absolute atomic E-state index is 0.149. The van der Waals surface area contributed by atoms with Crippen molar-refractivity contribution >= 4 is 21.6 Å². The van der Waals surface area contributed by atoms with Crippen molar-refractivity contribution in [1.29, 1.82) is 0 Å². The number of anilines is 1. The van der Waals surface area contributed by atoms with E-state index in [2.05, 4.69) is 0 Å². The zero-order valence-electron chi connectivity index (χ0n) is 16.2. The number of carbonyl (C=O) groups is 1. The normalized spacial score (nSPS) is 14.9. The van der Waals surface area contributed by atoms with E-state index in [4.69, 9.17) is 4.42 Å². The fourth-order valence-corrected chi connectivity index (χ4v) is 5.14. The third kappa shape index (κ3) is 3.86. The molecular weight excluding hydrogens is 390 g/mol. The maximum Gasteiger partial charge on any atom is 0.275 e. The van der Waals surface area contributed by atoms with E-state index in [0.717, 1.165) is 12.8 Å². The highest BCUT2D eigenvalue weighted by Gasteiger charge is 2.30. The lowest BCUT2D eigenvalue weighted by Crippen LogP contribution is -2.31. The van der Waals surface area contributed by atoms with Gasteiger partial charge in [0.25, 0.3) is 5.91 Å². The zero-order valence-corrected chi connectivity index (χ0v) is 17.0. The second kappa shape index (κ2) is 7.88. The molecule has 8 heteroatoms. The molecule has 0 N–H and O–H groups in total. The molecule has 0 aliphatic carbocycles. The van der Waals surface area contributed by atoms with Crippen LogP contribution in [0.5, 0.6) is 0 Å². The predicted octanol–water partition coefficient (Wildman–Crippen LogP) is 3.25. The summed E-state index contributed by atoms with van der Waals surface area (Å²) >= 11 is 0. The van der Waals surface area contributed by atoms with Crippen LogP contribution >= 0.6 is 0 Å². The van der Waals surface area contributed by atoms with Gasteiger partial charge in [0.05, 0.1) is 12.8 Å². The first-order valence-electron chi connectivity index (χ1n) is 9.52. The number of aromatic nitrogens is 1. The molecule has 1 aliphatic rings. The van der Waals surface area contributed by atoms with E-state index in [9.17, 15) is 13.2 Å². The molecule has 0 atom stereocenters. The Morgan fingerprint density at radius 2 is 1.83 bits per heavy atom. The number of hydrogen-bond acceptors (Lipinski definition) is 4. The smallest absolute Gasteiger partial charge is 0.275 e. The van der Waals surface area contributed by atoms with Crippen molar-refractivity contribution in [1.82, 2.24) is 8.87 Å². The Hall–Kier alpha value is -2.84. The minimum atomic E-state index is -3.59. The molecule has 0 bridgehead atoms. The van der Waals surface area contributed by atoms with Crippen LogP contribution < -0.4 is 4.90 Å². The molecule has 0 unspecified atom stereocenters. The minimum Gasteiger partial charge on any atom is -0.467 e. The van der Waals surface area contributed by atoms with E-state index in [0.29, 0.717) is 30.2 Å². The number of nitrogens with zero attached hydrogens (tertiary/aromatic N) is 3. The van der Waals surface area contributed by atoms with E-state index in [-0.39, 0.29) is 17.3 Å². The number of carbonyl (C=O) groups excluding carboxylic acids is 1. The highest BCUT2D eigenvalue weighted by molar-refractivity contribution is 7.89. The van der Waals surface area contributed by atoms with Crippen molar-refractivity contribution in [3.05, 3.63) is 72.4 Å². The van der Waals surface area contributed by atoms with Crippen molar-refractivity contribution in [3.63, 3.8) is 0 Å². The lowest BCUT2D eigenvalue weighted by molar-refractivity contribution is 0.0975. The molecule has 2 aromatic heterocycles. The Bertz CT molecular complexity index is 1080. The largest absolute Gasteiger partial charge is 0.467 e. The number of amides is 1. The van der Waals surface area contributed by atoms with Gasteiger partial charge in [-0.25, -0.2) is 8.42 Å². The average Bonchev–Trinajstić information content (AvgIpc) is 3.48. The molecule has 0 radical (unpaired) electrons. The number of furan rings is 1. The van der Waals surface area contributed by atoms with Crippen LogP contribution in [0.4, 0.5) is 5.69 Å². The van der Waals surface area contributed by atoms with Crippen LogP contribution in [0.3, 0.4) is 0 Å². The molecule has 4 rings (SSSR count). The predicted molar refractivity (Wildman–Crippen MR) is 109 cm³/mol. The van der Waals surface area contributed by atoms with Crippen LogP contribution in [0.1, 0.15) is 29.1 Å². The second-order valence-corrected chi connectivity index (χ2v) is 9.03. The molecule has 1 amide bonds. The maximum atomic E-state index is 13.4. The molecule has 29 heavy (non-hydrogen) atoms. The van der Waals surface area contributed by atoms with Gasteiger partial charge in [-0.15, -0.1) is 0 Å². The van der Waals surface area contributed by atoms with Gasteiger partial charge in [-0.2, -0.15) is 4.31 Å². The van der Waals surface area contributed by atoms with Gasteiger partial charge in [0.2, 0.25) is 10.0 Å². The first-order chi connectivity index (χ1) is 14.0. The molecule has 152 valence electrons. The van der Waals surface area contributed by atoms with E-state index >= 15 is 0 Å². The van der Waals surface area contributed by atoms with Gasteiger partial charge in [-0.1, -0.05) is 18.2 Å². The zero-order chi connectivity index (χ0) is 20.4. The van der Waals surface area contributed by atoms with E-state index < -0.39 is 10.0 Å². The summed E-state index contributed by atoms with van der Waals surface area (Å²) < 4.78 is 34.3. The molecule has 1 saturated heterocycles. The van der Waals surface area contributed by atoms with Crippen LogP contribution in [-0.4, -0.2) is 36.3 Å². The highest BCUT2D eigenvalue weighted by Crippen LogP contribution is 2.25.